The number of methoxy groups -OCH3 is 1. The lowest BCUT2D eigenvalue weighted by molar-refractivity contribution is -0.123. The highest BCUT2D eigenvalue weighted by Crippen LogP contribution is 2.49. The number of carbonyl (C=O) groups excluding carboxylic acids is 2. The Balaban J connectivity index is 1.58. The molecular weight excluding hydrogens is 452 g/mol. The van der Waals surface area contributed by atoms with E-state index in [1.54, 1.807) is 7.11 Å². The van der Waals surface area contributed by atoms with Gasteiger partial charge in [0.05, 0.1) is 12.6 Å². The van der Waals surface area contributed by atoms with Crippen LogP contribution in [0.4, 0.5) is 4.79 Å². The summed E-state index contributed by atoms with van der Waals surface area (Å²) in [5.41, 5.74) is 1.95. The van der Waals surface area contributed by atoms with Gasteiger partial charge in [0.15, 0.2) is 0 Å². The predicted octanol–water partition coefficient (Wildman–Crippen LogP) is 4.23. The van der Waals surface area contributed by atoms with Crippen molar-refractivity contribution >= 4 is 11.9 Å². The summed E-state index contributed by atoms with van der Waals surface area (Å²) in [6.45, 7) is 3.93. The Labute approximate surface area is 215 Å². The van der Waals surface area contributed by atoms with Gasteiger partial charge in [-0.3, -0.25) is 9.69 Å². The molecule has 4 rings (SSSR count). The van der Waals surface area contributed by atoms with Crippen molar-refractivity contribution in [3.05, 3.63) is 65.7 Å². The van der Waals surface area contributed by atoms with E-state index in [2.05, 4.69) is 54.6 Å². The zero-order valence-electron chi connectivity index (χ0n) is 22.1. The number of hydrogen-bond donors (Lipinski definition) is 1. The second-order valence-electron chi connectivity index (χ2n) is 10.4. The SMILES string of the molecule is CCCNC(=O)CN1C(=O)N(Cc2ccc(OC)cc2)C[C@]12CC[C@](c1ccccc1)(N(C)C)CC2. The van der Waals surface area contributed by atoms with E-state index in [9.17, 15) is 9.59 Å². The van der Waals surface area contributed by atoms with Crippen LogP contribution in [0.2, 0.25) is 0 Å². The minimum absolute atomic E-state index is 0.0467. The van der Waals surface area contributed by atoms with Crippen LogP contribution >= 0.6 is 0 Å². The lowest BCUT2D eigenvalue weighted by atomic mass is 9.68. The number of nitrogens with one attached hydrogen (secondary N) is 1. The van der Waals surface area contributed by atoms with Gasteiger partial charge in [-0.2, -0.15) is 0 Å². The lowest BCUT2D eigenvalue weighted by Gasteiger charge is -2.50. The Morgan fingerprint density at radius 2 is 1.69 bits per heavy atom. The molecule has 2 fully saturated rings. The van der Waals surface area contributed by atoms with Crippen molar-refractivity contribution < 1.29 is 14.3 Å². The van der Waals surface area contributed by atoms with Crippen LogP contribution in [-0.4, -0.2) is 73.0 Å². The number of nitrogens with zero attached hydrogens (tertiary/aromatic N) is 3. The Morgan fingerprint density at radius 3 is 2.28 bits per heavy atom. The monoisotopic (exact) mass is 492 g/mol. The molecule has 1 aliphatic carbocycles. The molecule has 1 saturated carbocycles. The molecule has 7 nitrogen and oxygen atoms in total. The third-order valence-corrected chi connectivity index (χ3v) is 8.14. The van der Waals surface area contributed by atoms with Gasteiger partial charge in [-0.05, 0) is 69.5 Å². The van der Waals surface area contributed by atoms with Crippen molar-refractivity contribution in [2.24, 2.45) is 0 Å². The van der Waals surface area contributed by atoms with E-state index in [0.29, 0.717) is 19.6 Å². The quantitative estimate of drug-likeness (QED) is 0.569. The van der Waals surface area contributed by atoms with Gasteiger partial charge in [0.2, 0.25) is 5.91 Å². The predicted molar refractivity (Wildman–Crippen MR) is 142 cm³/mol. The first-order valence-electron chi connectivity index (χ1n) is 13.0. The van der Waals surface area contributed by atoms with Gasteiger partial charge in [-0.25, -0.2) is 4.79 Å². The van der Waals surface area contributed by atoms with Gasteiger partial charge in [0.25, 0.3) is 0 Å². The molecule has 1 N–H and O–H groups in total. The van der Waals surface area contributed by atoms with E-state index in [0.717, 1.165) is 43.4 Å². The summed E-state index contributed by atoms with van der Waals surface area (Å²) in [5, 5.41) is 2.97. The van der Waals surface area contributed by atoms with Crippen LogP contribution in [0.1, 0.15) is 50.2 Å². The van der Waals surface area contributed by atoms with Crippen molar-refractivity contribution in [1.29, 1.82) is 0 Å². The maximum atomic E-state index is 13.7. The number of hydrogen-bond acceptors (Lipinski definition) is 4. The summed E-state index contributed by atoms with van der Waals surface area (Å²) in [5.74, 6) is 0.716. The molecule has 3 amide bonds. The molecule has 0 unspecified atom stereocenters. The molecule has 0 atom stereocenters. The number of amides is 3. The Kier molecular flexibility index (Phi) is 7.88. The molecule has 7 heteroatoms. The maximum absolute atomic E-state index is 13.7. The first-order valence-corrected chi connectivity index (χ1v) is 13.0. The van der Waals surface area contributed by atoms with Gasteiger partial charge < -0.3 is 19.9 Å². The van der Waals surface area contributed by atoms with Crippen LogP contribution in [0.3, 0.4) is 0 Å². The minimum atomic E-state index is -0.346. The van der Waals surface area contributed by atoms with E-state index in [4.69, 9.17) is 4.74 Å². The summed E-state index contributed by atoms with van der Waals surface area (Å²) in [4.78, 5) is 32.6. The summed E-state index contributed by atoms with van der Waals surface area (Å²) >= 11 is 0. The van der Waals surface area contributed by atoms with Gasteiger partial charge >= 0.3 is 6.03 Å². The van der Waals surface area contributed by atoms with E-state index < -0.39 is 0 Å². The van der Waals surface area contributed by atoms with Crippen LogP contribution in [0, 0.1) is 0 Å². The minimum Gasteiger partial charge on any atom is -0.497 e. The van der Waals surface area contributed by atoms with E-state index >= 15 is 0 Å². The smallest absolute Gasteiger partial charge is 0.321 e. The molecule has 1 aliphatic heterocycles. The van der Waals surface area contributed by atoms with E-state index in [-0.39, 0.29) is 29.6 Å². The van der Waals surface area contributed by atoms with Gasteiger partial charge in [-0.1, -0.05) is 49.4 Å². The number of rotatable bonds is 9. The number of urea groups is 1. The molecule has 1 spiro atoms. The maximum Gasteiger partial charge on any atom is 0.321 e. The Morgan fingerprint density at radius 1 is 1.03 bits per heavy atom. The summed E-state index contributed by atoms with van der Waals surface area (Å²) in [6, 6.07) is 18.5. The molecule has 0 bridgehead atoms. The second kappa shape index (κ2) is 10.9. The zero-order valence-corrected chi connectivity index (χ0v) is 22.1. The van der Waals surface area contributed by atoms with Crippen LogP contribution < -0.4 is 10.1 Å². The molecule has 2 aromatic rings. The molecular formula is C29H40N4O3. The summed E-state index contributed by atoms with van der Waals surface area (Å²) in [7, 11) is 5.95. The lowest BCUT2D eigenvalue weighted by Crippen LogP contribution is -2.57. The normalized spacial score (nSPS) is 24.0. The summed E-state index contributed by atoms with van der Waals surface area (Å²) < 4.78 is 5.28. The third kappa shape index (κ3) is 5.07. The molecule has 36 heavy (non-hydrogen) atoms. The van der Waals surface area contributed by atoms with Crippen LogP contribution in [0.5, 0.6) is 5.75 Å². The van der Waals surface area contributed by atoms with E-state index in [1.807, 2.05) is 41.0 Å². The average molecular weight is 493 g/mol. The van der Waals surface area contributed by atoms with Crippen molar-refractivity contribution in [2.45, 2.75) is 56.7 Å². The van der Waals surface area contributed by atoms with Crippen molar-refractivity contribution in [3.8, 4) is 5.75 Å². The average Bonchev–Trinajstić information content (AvgIpc) is 3.14. The molecule has 194 valence electrons. The van der Waals surface area contributed by atoms with Crippen molar-refractivity contribution in [1.82, 2.24) is 20.0 Å². The van der Waals surface area contributed by atoms with E-state index in [1.165, 1.54) is 5.56 Å². The largest absolute Gasteiger partial charge is 0.497 e. The van der Waals surface area contributed by atoms with Crippen molar-refractivity contribution in [2.75, 3.05) is 40.8 Å². The fraction of sp³-hybridized carbons (Fsp3) is 0.517. The second-order valence-corrected chi connectivity index (χ2v) is 10.4. The Hall–Kier alpha value is -3.06. The zero-order chi connectivity index (χ0) is 25.8. The van der Waals surface area contributed by atoms with Gasteiger partial charge in [-0.15, -0.1) is 0 Å². The topological polar surface area (TPSA) is 65.1 Å². The van der Waals surface area contributed by atoms with Crippen LogP contribution in [0.15, 0.2) is 54.6 Å². The highest BCUT2D eigenvalue weighted by molar-refractivity contribution is 5.86. The number of ether oxygens (including phenoxy) is 1. The molecule has 2 aliphatic rings. The number of benzene rings is 2. The molecule has 1 saturated heterocycles. The first-order chi connectivity index (χ1) is 17.3. The Bertz CT molecular complexity index is 1030. The molecule has 0 aromatic heterocycles. The molecule has 1 heterocycles. The first kappa shape index (κ1) is 26.0. The highest BCUT2D eigenvalue weighted by atomic mass is 16.5. The fourth-order valence-corrected chi connectivity index (χ4v) is 5.96. The third-order valence-electron chi connectivity index (χ3n) is 8.14. The summed E-state index contributed by atoms with van der Waals surface area (Å²) in [6.07, 6.45) is 4.44. The molecule has 2 aromatic carbocycles. The standard InChI is InChI=1S/C29H40N4O3/c1-5-19-30-26(34)21-33-27(35)32(20-23-11-13-25(36-4)14-12-23)22-28(33)15-17-29(18-16-28,31(2)3)24-9-7-6-8-10-24/h6-14H,5,15-22H2,1-4H3,(H,30,34)/t28-,29+. The van der Waals surface area contributed by atoms with Gasteiger partial charge in [0.1, 0.15) is 12.3 Å². The van der Waals surface area contributed by atoms with Crippen LogP contribution in [-0.2, 0) is 16.9 Å². The van der Waals surface area contributed by atoms with Crippen molar-refractivity contribution in [3.63, 3.8) is 0 Å². The molecule has 0 radical (unpaired) electrons. The van der Waals surface area contributed by atoms with Gasteiger partial charge in [0, 0.05) is 25.2 Å². The number of carbonyl (C=O) groups is 2. The fourth-order valence-electron chi connectivity index (χ4n) is 5.96. The highest BCUT2D eigenvalue weighted by Gasteiger charge is 2.54. The van der Waals surface area contributed by atoms with Crippen LogP contribution in [0.25, 0.3) is 0 Å².